The van der Waals surface area contributed by atoms with E-state index in [1.54, 1.807) is 18.2 Å². The molecule has 1 aromatic rings. The number of carboxylic acids is 1. The monoisotopic (exact) mass is 291 g/mol. The largest absolute Gasteiger partial charge is 0.494 e. The summed E-state index contributed by atoms with van der Waals surface area (Å²) in [6, 6.07) is 7.13. The zero-order valence-corrected chi connectivity index (χ0v) is 11.5. The second-order valence-corrected chi connectivity index (χ2v) is 4.92. The molecule has 1 aliphatic heterocycles. The first-order chi connectivity index (χ1) is 10.1. The van der Waals surface area contributed by atoms with E-state index in [2.05, 4.69) is 5.32 Å². The van der Waals surface area contributed by atoms with E-state index >= 15 is 0 Å². The van der Waals surface area contributed by atoms with Gasteiger partial charge in [0.2, 0.25) is 11.8 Å². The van der Waals surface area contributed by atoms with Crippen LogP contribution < -0.4 is 10.1 Å². The van der Waals surface area contributed by atoms with Gasteiger partial charge in [0.1, 0.15) is 5.75 Å². The molecule has 6 nitrogen and oxygen atoms in total. The van der Waals surface area contributed by atoms with Crippen LogP contribution in [0.1, 0.15) is 37.2 Å². The molecule has 1 fully saturated rings. The molecule has 1 heterocycles. The quantitative estimate of drug-likeness (QED) is 0.611. The first-order valence-electron chi connectivity index (χ1n) is 6.84. The molecule has 6 heteroatoms. The van der Waals surface area contributed by atoms with Crippen molar-refractivity contribution in [2.45, 2.75) is 31.6 Å². The number of aliphatic carboxylic acids is 1. The Morgan fingerprint density at radius 3 is 2.90 bits per heavy atom. The number of nitrogens with one attached hydrogen (secondary N) is 1. The molecule has 1 atom stereocenters. The van der Waals surface area contributed by atoms with Crippen molar-refractivity contribution in [3.63, 3.8) is 0 Å². The van der Waals surface area contributed by atoms with Gasteiger partial charge in [0.05, 0.1) is 12.5 Å². The van der Waals surface area contributed by atoms with E-state index in [4.69, 9.17) is 9.84 Å². The SMILES string of the molecule is O=C(O)CCCOc1cccc(C2CCC(=O)NC2=O)c1. The van der Waals surface area contributed by atoms with Crippen molar-refractivity contribution in [3.05, 3.63) is 29.8 Å². The predicted molar refractivity (Wildman–Crippen MR) is 73.9 cm³/mol. The van der Waals surface area contributed by atoms with Gasteiger partial charge in [-0.25, -0.2) is 0 Å². The first-order valence-corrected chi connectivity index (χ1v) is 6.84. The van der Waals surface area contributed by atoms with Crippen molar-refractivity contribution in [2.24, 2.45) is 0 Å². The number of hydrogen-bond acceptors (Lipinski definition) is 4. The van der Waals surface area contributed by atoms with Crippen LogP contribution in [0, 0.1) is 0 Å². The van der Waals surface area contributed by atoms with Crippen molar-refractivity contribution in [1.29, 1.82) is 0 Å². The maximum atomic E-state index is 11.8. The fourth-order valence-electron chi connectivity index (χ4n) is 2.25. The number of ether oxygens (including phenoxy) is 1. The molecule has 2 rings (SSSR count). The number of amides is 2. The van der Waals surface area contributed by atoms with Gasteiger partial charge in [-0.2, -0.15) is 0 Å². The Kier molecular flexibility index (Phi) is 4.92. The Morgan fingerprint density at radius 1 is 1.38 bits per heavy atom. The fraction of sp³-hybridized carbons (Fsp3) is 0.400. The lowest BCUT2D eigenvalue weighted by molar-refractivity contribution is -0.137. The van der Waals surface area contributed by atoms with Crippen LogP contribution in [-0.2, 0) is 14.4 Å². The van der Waals surface area contributed by atoms with E-state index in [9.17, 15) is 14.4 Å². The van der Waals surface area contributed by atoms with Crippen LogP contribution in [-0.4, -0.2) is 29.5 Å². The Labute approximate surface area is 122 Å². The highest BCUT2D eigenvalue weighted by Gasteiger charge is 2.27. The molecule has 2 N–H and O–H groups in total. The summed E-state index contributed by atoms with van der Waals surface area (Å²) >= 11 is 0. The standard InChI is InChI=1S/C15H17NO5/c17-13-7-6-12(15(20)16-13)10-3-1-4-11(9-10)21-8-2-5-14(18)19/h1,3-4,9,12H,2,5-8H2,(H,18,19)(H,16,17,20). The molecule has 21 heavy (non-hydrogen) atoms. The maximum Gasteiger partial charge on any atom is 0.303 e. The fourth-order valence-corrected chi connectivity index (χ4v) is 2.25. The molecular formula is C15H17NO5. The van der Waals surface area contributed by atoms with Gasteiger partial charge in [-0.3, -0.25) is 19.7 Å². The number of rotatable bonds is 6. The lowest BCUT2D eigenvalue weighted by Gasteiger charge is -2.21. The highest BCUT2D eigenvalue weighted by atomic mass is 16.5. The number of hydrogen-bond donors (Lipinski definition) is 2. The van der Waals surface area contributed by atoms with Crippen LogP contribution in [0.4, 0.5) is 0 Å². The summed E-state index contributed by atoms with van der Waals surface area (Å²) < 4.78 is 5.48. The minimum atomic E-state index is -0.851. The summed E-state index contributed by atoms with van der Waals surface area (Å²) in [6.45, 7) is 0.311. The van der Waals surface area contributed by atoms with Gasteiger partial charge in [0, 0.05) is 12.8 Å². The Hall–Kier alpha value is -2.37. The summed E-state index contributed by atoms with van der Waals surface area (Å²) in [7, 11) is 0. The molecule has 1 saturated heterocycles. The van der Waals surface area contributed by atoms with E-state index in [0.29, 0.717) is 31.6 Å². The second-order valence-electron chi connectivity index (χ2n) is 4.92. The summed E-state index contributed by atoms with van der Waals surface area (Å²) in [5.41, 5.74) is 0.802. The Morgan fingerprint density at radius 2 is 2.19 bits per heavy atom. The Bertz CT molecular complexity index is 555. The zero-order valence-electron chi connectivity index (χ0n) is 11.5. The van der Waals surface area contributed by atoms with E-state index in [-0.39, 0.29) is 24.2 Å². The third-order valence-corrected chi connectivity index (χ3v) is 3.30. The minimum absolute atomic E-state index is 0.0623. The number of piperidine rings is 1. The van der Waals surface area contributed by atoms with Crippen LogP contribution >= 0.6 is 0 Å². The highest BCUT2D eigenvalue weighted by Crippen LogP contribution is 2.27. The van der Waals surface area contributed by atoms with Gasteiger partial charge in [0.25, 0.3) is 0 Å². The van der Waals surface area contributed by atoms with E-state index in [0.717, 1.165) is 5.56 Å². The summed E-state index contributed by atoms with van der Waals surface area (Å²) in [5, 5.41) is 10.9. The maximum absolute atomic E-state index is 11.8. The van der Waals surface area contributed by atoms with Crippen LogP contribution in [0.25, 0.3) is 0 Å². The summed E-state index contributed by atoms with van der Waals surface area (Å²) in [4.78, 5) is 33.4. The number of carbonyl (C=O) groups excluding carboxylic acids is 2. The molecule has 0 saturated carbocycles. The van der Waals surface area contributed by atoms with Gasteiger partial charge in [-0.05, 0) is 30.5 Å². The van der Waals surface area contributed by atoms with Crippen LogP contribution in [0.5, 0.6) is 5.75 Å². The number of imide groups is 1. The van der Waals surface area contributed by atoms with Crippen molar-refractivity contribution < 1.29 is 24.2 Å². The first kappa shape index (κ1) is 15.0. The topological polar surface area (TPSA) is 92.7 Å². The smallest absolute Gasteiger partial charge is 0.303 e. The molecule has 0 radical (unpaired) electrons. The van der Waals surface area contributed by atoms with Crippen molar-refractivity contribution >= 4 is 17.8 Å². The molecule has 112 valence electrons. The average Bonchev–Trinajstić information content (AvgIpc) is 2.44. The lowest BCUT2D eigenvalue weighted by atomic mass is 9.90. The minimum Gasteiger partial charge on any atom is -0.494 e. The second kappa shape index (κ2) is 6.88. The van der Waals surface area contributed by atoms with Crippen LogP contribution in [0.2, 0.25) is 0 Å². The van der Waals surface area contributed by atoms with Crippen molar-refractivity contribution in [3.8, 4) is 5.75 Å². The molecular weight excluding hydrogens is 274 g/mol. The van der Waals surface area contributed by atoms with Crippen molar-refractivity contribution in [2.75, 3.05) is 6.61 Å². The van der Waals surface area contributed by atoms with Gasteiger partial charge in [-0.15, -0.1) is 0 Å². The normalized spacial score (nSPS) is 18.2. The van der Waals surface area contributed by atoms with Gasteiger partial charge < -0.3 is 9.84 Å². The molecule has 1 unspecified atom stereocenters. The molecule has 1 aromatic carbocycles. The Balaban J connectivity index is 1.95. The predicted octanol–water partition coefficient (Wildman–Crippen LogP) is 1.45. The molecule has 1 aliphatic rings. The molecule has 0 bridgehead atoms. The van der Waals surface area contributed by atoms with Crippen molar-refractivity contribution in [1.82, 2.24) is 5.32 Å². The van der Waals surface area contributed by atoms with E-state index < -0.39 is 5.97 Å². The highest BCUT2D eigenvalue weighted by molar-refractivity contribution is 6.00. The number of carbonyl (C=O) groups is 3. The van der Waals surface area contributed by atoms with E-state index in [1.807, 2.05) is 6.07 Å². The molecule has 0 aliphatic carbocycles. The lowest BCUT2D eigenvalue weighted by Crippen LogP contribution is -2.39. The molecule has 2 amide bonds. The molecule has 0 spiro atoms. The van der Waals surface area contributed by atoms with E-state index in [1.165, 1.54) is 0 Å². The number of carboxylic acid groups (broad SMARTS) is 1. The number of benzene rings is 1. The average molecular weight is 291 g/mol. The van der Waals surface area contributed by atoms with Gasteiger partial charge >= 0.3 is 5.97 Å². The summed E-state index contributed by atoms with van der Waals surface area (Å²) in [6.07, 6.45) is 1.32. The van der Waals surface area contributed by atoms with Gasteiger partial charge in [-0.1, -0.05) is 12.1 Å². The summed E-state index contributed by atoms with van der Waals surface area (Å²) in [5.74, 6) is -1.12. The molecule has 0 aromatic heterocycles. The zero-order chi connectivity index (χ0) is 15.2. The van der Waals surface area contributed by atoms with Crippen LogP contribution in [0.3, 0.4) is 0 Å². The third-order valence-electron chi connectivity index (χ3n) is 3.30. The van der Waals surface area contributed by atoms with Gasteiger partial charge in [0.15, 0.2) is 0 Å². The van der Waals surface area contributed by atoms with Crippen LogP contribution in [0.15, 0.2) is 24.3 Å². The third kappa shape index (κ3) is 4.30.